The molecule has 0 aliphatic rings. The van der Waals surface area contributed by atoms with Crippen molar-refractivity contribution in [1.29, 1.82) is 0 Å². The molecular formula is C18H32O3Si. The fourth-order valence-corrected chi connectivity index (χ4v) is 3.09. The van der Waals surface area contributed by atoms with Crippen LogP contribution in [0.15, 0.2) is 18.2 Å². The van der Waals surface area contributed by atoms with Gasteiger partial charge in [0, 0.05) is 6.61 Å². The van der Waals surface area contributed by atoms with Crippen molar-refractivity contribution in [3.05, 3.63) is 23.8 Å². The van der Waals surface area contributed by atoms with E-state index in [9.17, 15) is 0 Å². The standard InChI is InChI=1S/C18H32O3Si/c1-14(11-12-21-22(7,8)18(2,3)4)15-9-10-16(19-5)17(13-15)20-6/h9-10,13-14H,11-12H2,1-8H3. The zero-order valence-corrected chi connectivity index (χ0v) is 16.4. The SMILES string of the molecule is COc1ccc(C(C)CCO[Si](C)(C)C(C)(C)C)cc1OC. The van der Waals surface area contributed by atoms with Crippen LogP contribution in [-0.2, 0) is 4.43 Å². The fraction of sp³-hybridized carbons (Fsp3) is 0.667. The number of methoxy groups -OCH3 is 2. The minimum atomic E-state index is -1.65. The summed E-state index contributed by atoms with van der Waals surface area (Å²) in [6.45, 7) is 14.5. The van der Waals surface area contributed by atoms with E-state index in [0.29, 0.717) is 5.92 Å². The topological polar surface area (TPSA) is 27.7 Å². The first-order valence-corrected chi connectivity index (χ1v) is 10.9. The van der Waals surface area contributed by atoms with E-state index in [2.05, 4.69) is 52.9 Å². The van der Waals surface area contributed by atoms with E-state index < -0.39 is 8.32 Å². The van der Waals surface area contributed by atoms with Crippen LogP contribution in [0.1, 0.15) is 45.6 Å². The maximum absolute atomic E-state index is 6.27. The molecule has 3 nitrogen and oxygen atoms in total. The highest BCUT2D eigenvalue weighted by atomic mass is 28.4. The summed E-state index contributed by atoms with van der Waals surface area (Å²) in [5, 5.41) is 0.263. The van der Waals surface area contributed by atoms with Gasteiger partial charge in [0.15, 0.2) is 19.8 Å². The molecule has 1 aromatic rings. The lowest BCUT2D eigenvalue weighted by atomic mass is 9.98. The monoisotopic (exact) mass is 324 g/mol. The Balaban J connectivity index is 2.65. The van der Waals surface area contributed by atoms with Crippen molar-refractivity contribution in [1.82, 2.24) is 0 Å². The molecule has 0 aliphatic heterocycles. The molecule has 0 saturated heterocycles. The smallest absolute Gasteiger partial charge is 0.191 e. The van der Waals surface area contributed by atoms with E-state index >= 15 is 0 Å². The van der Waals surface area contributed by atoms with Crippen LogP contribution in [0.4, 0.5) is 0 Å². The van der Waals surface area contributed by atoms with Gasteiger partial charge in [-0.15, -0.1) is 0 Å². The van der Waals surface area contributed by atoms with Crippen LogP contribution in [0.2, 0.25) is 18.1 Å². The van der Waals surface area contributed by atoms with E-state index in [4.69, 9.17) is 13.9 Å². The summed E-state index contributed by atoms with van der Waals surface area (Å²) in [7, 11) is 1.68. The van der Waals surface area contributed by atoms with Gasteiger partial charge < -0.3 is 13.9 Å². The van der Waals surface area contributed by atoms with Gasteiger partial charge in [0.05, 0.1) is 14.2 Å². The van der Waals surface area contributed by atoms with Gasteiger partial charge in [0.25, 0.3) is 0 Å². The number of hydrogen-bond donors (Lipinski definition) is 0. The Morgan fingerprint density at radius 1 is 1.05 bits per heavy atom. The predicted molar refractivity (Wildman–Crippen MR) is 95.7 cm³/mol. The lowest BCUT2D eigenvalue weighted by Gasteiger charge is -2.36. The van der Waals surface area contributed by atoms with Crippen molar-refractivity contribution >= 4 is 8.32 Å². The van der Waals surface area contributed by atoms with E-state index in [1.54, 1.807) is 14.2 Å². The second kappa shape index (κ2) is 7.51. The zero-order valence-electron chi connectivity index (χ0n) is 15.4. The van der Waals surface area contributed by atoms with Gasteiger partial charge in [-0.3, -0.25) is 0 Å². The molecule has 0 amide bonds. The van der Waals surface area contributed by atoms with Crippen LogP contribution < -0.4 is 9.47 Å². The quantitative estimate of drug-likeness (QED) is 0.644. The average molecular weight is 325 g/mol. The maximum Gasteiger partial charge on any atom is 0.191 e. The molecule has 0 radical (unpaired) electrons. The Morgan fingerprint density at radius 3 is 2.14 bits per heavy atom. The van der Waals surface area contributed by atoms with Gasteiger partial charge in [0.2, 0.25) is 0 Å². The van der Waals surface area contributed by atoms with Gasteiger partial charge in [-0.05, 0) is 48.2 Å². The van der Waals surface area contributed by atoms with Crippen molar-refractivity contribution in [2.45, 2.75) is 58.2 Å². The Hall–Kier alpha value is -1.00. The third-order valence-electron chi connectivity index (χ3n) is 4.80. The van der Waals surface area contributed by atoms with Crippen LogP contribution in [0.3, 0.4) is 0 Å². The molecule has 0 spiro atoms. The van der Waals surface area contributed by atoms with Crippen LogP contribution in [-0.4, -0.2) is 29.1 Å². The van der Waals surface area contributed by atoms with E-state index in [1.165, 1.54) is 5.56 Å². The Labute approximate surface area is 137 Å². The molecule has 0 fully saturated rings. The lowest BCUT2D eigenvalue weighted by Crippen LogP contribution is -2.41. The zero-order chi connectivity index (χ0) is 17.0. The van der Waals surface area contributed by atoms with Crippen molar-refractivity contribution < 1.29 is 13.9 Å². The molecule has 0 heterocycles. The third-order valence-corrected chi connectivity index (χ3v) is 9.33. The summed E-state index contributed by atoms with van der Waals surface area (Å²) in [6, 6.07) is 6.15. The molecular weight excluding hydrogens is 292 g/mol. The molecule has 1 unspecified atom stereocenters. The number of ether oxygens (including phenoxy) is 2. The number of rotatable bonds is 7. The highest BCUT2D eigenvalue weighted by molar-refractivity contribution is 6.74. The van der Waals surface area contributed by atoms with Crippen molar-refractivity contribution in [2.24, 2.45) is 0 Å². The van der Waals surface area contributed by atoms with Gasteiger partial charge in [-0.2, -0.15) is 0 Å². The van der Waals surface area contributed by atoms with E-state index in [-0.39, 0.29) is 5.04 Å². The predicted octanol–water partition coefficient (Wildman–Crippen LogP) is 5.22. The summed E-state index contributed by atoms with van der Waals surface area (Å²) in [5.74, 6) is 2.00. The van der Waals surface area contributed by atoms with Crippen LogP contribution >= 0.6 is 0 Å². The van der Waals surface area contributed by atoms with E-state index in [1.807, 2.05) is 6.07 Å². The molecule has 0 N–H and O–H groups in total. The van der Waals surface area contributed by atoms with Crippen LogP contribution in [0.25, 0.3) is 0 Å². The van der Waals surface area contributed by atoms with Crippen LogP contribution in [0.5, 0.6) is 11.5 Å². The van der Waals surface area contributed by atoms with Crippen molar-refractivity contribution in [3.8, 4) is 11.5 Å². The summed E-state index contributed by atoms with van der Waals surface area (Å²) < 4.78 is 16.9. The molecule has 1 rings (SSSR count). The highest BCUT2D eigenvalue weighted by Gasteiger charge is 2.36. The Kier molecular flexibility index (Phi) is 6.50. The number of benzene rings is 1. The van der Waals surface area contributed by atoms with Crippen molar-refractivity contribution in [2.75, 3.05) is 20.8 Å². The average Bonchev–Trinajstić information content (AvgIpc) is 2.44. The van der Waals surface area contributed by atoms with Crippen LogP contribution in [0, 0.1) is 0 Å². The second-order valence-electron chi connectivity index (χ2n) is 7.41. The molecule has 0 bridgehead atoms. The summed E-state index contributed by atoms with van der Waals surface area (Å²) in [5.41, 5.74) is 1.26. The maximum atomic E-state index is 6.27. The van der Waals surface area contributed by atoms with Gasteiger partial charge in [-0.1, -0.05) is 33.8 Å². The van der Waals surface area contributed by atoms with E-state index in [0.717, 1.165) is 24.5 Å². The molecule has 0 aliphatic carbocycles. The summed E-state index contributed by atoms with van der Waals surface area (Å²) >= 11 is 0. The normalized spacial score (nSPS) is 13.8. The highest BCUT2D eigenvalue weighted by Crippen LogP contribution is 2.37. The first-order chi connectivity index (χ1) is 10.1. The van der Waals surface area contributed by atoms with Gasteiger partial charge >= 0.3 is 0 Å². The lowest BCUT2D eigenvalue weighted by molar-refractivity contribution is 0.274. The molecule has 0 saturated carbocycles. The first-order valence-electron chi connectivity index (χ1n) is 7.98. The van der Waals surface area contributed by atoms with Crippen molar-refractivity contribution in [3.63, 3.8) is 0 Å². The summed E-state index contributed by atoms with van der Waals surface area (Å²) in [6.07, 6.45) is 1.02. The third kappa shape index (κ3) is 4.75. The Bertz CT molecular complexity index is 478. The molecule has 126 valence electrons. The molecule has 4 heteroatoms. The minimum absolute atomic E-state index is 0.263. The first kappa shape index (κ1) is 19.0. The molecule has 1 aromatic carbocycles. The number of hydrogen-bond acceptors (Lipinski definition) is 3. The molecule has 1 atom stereocenters. The Morgan fingerprint density at radius 2 is 1.64 bits per heavy atom. The largest absolute Gasteiger partial charge is 0.493 e. The minimum Gasteiger partial charge on any atom is -0.493 e. The fourth-order valence-electron chi connectivity index (χ4n) is 2.03. The summed E-state index contributed by atoms with van der Waals surface area (Å²) in [4.78, 5) is 0. The van der Waals surface area contributed by atoms with Gasteiger partial charge in [-0.25, -0.2) is 0 Å². The molecule has 22 heavy (non-hydrogen) atoms. The van der Waals surface area contributed by atoms with Gasteiger partial charge in [0.1, 0.15) is 0 Å². The molecule has 0 aromatic heterocycles. The second-order valence-corrected chi connectivity index (χ2v) is 12.2.